The first-order chi connectivity index (χ1) is 13.0. The van der Waals surface area contributed by atoms with Crippen LogP contribution >= 0.6 is 11.6 Å². The smallest absolute Gasteiger partial charge is 0.323 e. The molecule has 1 unspecified atom stereocenters. The molecule has 2 aromatic heterocycles. The van der Waals surface area contributed by atoms with Gasteiger partial charge in [-0.1, -0.05) is 11.6 Å². The molecule has 27 heavy (non-hydrogen) atoms. The zero-order valence-corrected chi connectivity index (χ0v) is 15.6. The third kappa shape index (κ3) is 3.56. The number of pyridine rings is 2. The fourth-order valence-corrected chi connectivity index (χ4v) is 3.03. The Bertz CT molecular complexity index is 860. The Hall–Kier alpha value is -2.78. The van der Waals surface area contributed by atoms with E-state index in [1.54, 1.807) is 36.5 Å². The van der Waals surface area contributed by atoms with Crippen molar-refractivity contribution in [1.29, 1.82) is 0 Å². The monoisotopic (exact) mass is 390 g/mol. The van der Waals surface area contributed by atoms with Crippen LogP contribution in [-0.2, 0) is 4.74 Å². The summed E-state index contributed by atoms with van der Waals surface area (Å²) in [6.45, 7) is 1.14. The van der Waals surface area contributed by atoms with Crippen LogP contribution in [0.15, 0.2) is 30.6 Å². The number of anilines is 3. The number of nitrogens with one attached hydrogen (secondary N) is 2. The average molecular weight is 391 g/mol. The highest BCUT2D eigenvalue weighted by atomic mass is 35.5. The largest absolute Gasteiger partial charge is 0.455 e. The quantitative estimate of drug-likeness (QED) is 0.612. The summed E-state index contributed by atoms with van der Waals surface area (Å²) in [4.78, 5) is 24.2. The molecule has 0 aliphatic carbocycles. The van der Waals surface area contributed by atoms with Crippen molar-refractivity contribution in [2.75, 3.05) is 42.8 Å². The summed E-state index contributed by atoms with van der Waals surface area (Å²) in [5.74, 6) is 2.21. The standard InChI is InChI=1S/C17H19ClN6O3/c1-23-13-5-11(7-20-15(13)22-16(23)18)27-10-3-4-19-14(6-10)21-17(25)24-8-12(9-24)26-2/h3-7,12,16H,8-9H2,1-2H3,(H,20,22)(H,19,21,25). The lowest BCUT2D eigenvalue weighted by Crippen LogP contribution is -2.55. The van der Waals surface area contributed by atoms with E-state index in [0.29, 0.717) is 36.2 Å². The summed E-state index contributed by atoms with van der Waals surface area (Å²) in [7, 11) is 3.50. The summed E-state index contributed by atoms with van der Waals surface area (Å²) in [6.07, 6.45) is 3.28. The first-order valence-electron chi connectivity index (χ1n) is 8.39. The van der Waals surface area contributed by atoms with E-state index in [2.05, 4.69) is 20.6 Å². The van der Waals surface area contributed by atoms with Crippen molar-refractivity contribution in [2.24, 2.45) is 0 Å². The van der Waals surface area contributed by atoms with Gasteiger partial charge < -0.3 is 24.6 Å². The molecular weight excluding hydrogens is 372 g/mol. The molecule has 2 aliphatic heterocycles. The van der Waals surface area contributed by atoms with Gasteiger partial charge in [-0.15, -0.1) is 0 Å². The number of halogens is 1. The second-order valence-electron chi connectivity index (χ2n) is 6.30. The van der Waals surface area contributed by atoms with E-state index >= 15 is 0 Å². The van der Waals surface area contributed by atoms with Gasteiger partial charge in [-0.2, -0.15) is 0 Å². The molecule has 0 saturated carbocycles. The SMILES string of the molecule is COC1CN(C(=O)Nc2cc(Oc3cnc4c(c3)N(C)C(Cl)N4)ccn2)C1. The number of likely N-dealkylation sites (tertiary alicyclic amines) is 1. The Morgan fingerprint density at radius 1 is 1.33 bits per heavy atom. The molecular formula is C17H19ClN6O3. The third-order valence-corrected chi connectivity index (χ3v) is 4.89. The number of aromatic nitrogens is 2. The first kappa shape index (κ1) is 17.6. The molecule has 0 spiro atoms. The summed E-state index contributed by atoms with van der Waals surface area (Å²) in [5, 5.41) is 5.81. The second kappa shape index (κ2) is 7.09. The lowest BCUT2D eigenvalue weighted by atomic mass is 10.2. The van der Waals surface area contributed by atoms with E-state index in [0.717, 1.165) is 5.69 Å². The molecule has 1 fully saturated rings. The minimum Gasteiger partial charge on any atom is -0.455 e. The molecule has 1 saturated heterocycles. The van der Waals surface area contributed by atoms with Crippen LogP contribution in [-0.4, -0.2) is 59.9 Å². The van der Waals surface area contributed by atoms with Gasteiger partial charge in [0, 0.05) is 32.5 Å². The molecule has 1 atom stereocenters. The van der Waals surface area contributed by atoms with E-state index in [4.69, 9.17) is 21.1 Å². The number of amides is 2. The van der Waals surface area contributed by atoms with Crippen molar-refractivity contribution in [2.45, 2.75) is 11.7 Å². The number of hydrogen-bond donors (Lipinski definition) is 2. The minimum atomic E-state index is -0.343. The van der Waals surface area contributed by atoms with E-state index < -0.39 is 0 Å². The van der Waals surface area contributed by atoms with Gasteiger partial charge in [0.1, 0.15) is 17.3 Å². The van der Waals surface area contributed by atoms with Gasteiger partial charge in [-0.3, -0.25) is 5.32 Å². The molecule has 9 nitrogen and oxygen atoms in total. The molecule has 2 amide bonds. The zero-order chi connectivity index (χ0) is 19.0. The topological polar surface area (TPSA) is 91.8 Å². The van der Waals surface area contributed by atoms with E-state index in [1.807, 2.05) is 18.0 Å². The second-order valence-corrected chi connectivity index (χ2v) is 6.71. The number of ether oxygens (including phenoxy) is 2. The van der Waals surface area contributed by atoms with Gasteiger partial charge in [0.25, 0.3) is 0 Å². The van der Waals surface area contributed by atoms with Crippen molar-refractivity contribution < 1.29 is 14.3 Å². The Labute approximate surface area is 161 Å². The van der Waals surface area contributed by atoms with E-state index in [1.165, 1.54) is 0 Å². The summed E-state index contributed by atoms with van der Waals surface area (Å²) >= 11 is 6.14. The van der Waals surface area contributed by atoms with Crippen LogP contribution in [0.5, 0.6) is 11.5 Å². The van der Waals surface area contributed by atoms with Crippen LogP contribution in [0, 0.1) is 0 Å². The van der Waals surface area contributed by atoms with Gasteiger partial charge in [0.2, 0.25) is 0 Å². The number of methoxy groups -OCH3 is 1. The van der Waals surface area contributed by atoms with Crippen molar-refractivity contribution >= 4 is 35.0 Å². The maximum Gasteiger partial charge on any atom is 0.323 e. The lowest BCUT2D eigenvalue weighted by molar-refractivity contribution is -0.00467. The van der Waals surface area contributed by atoms with Crippen LogP contribution in [0.1, 0.15) is 0 Å². The van der Waals surface area contributed by atoms with Gasteiger partial charge in [0.15, 0.2) is 11.4 Å². The van der Waals surface area contributed by atoms with E-state index in [9.17, 15) is 4.79 Å². The molecule has 142 valence electrons. The number of urea groups is 1. The molecule has 2 aliphatic rings. The van der Waals surface area contributed by atoms with Crippen molar-refractivity contribution in [3.8, 4) is 11.5 Å². The Kier molecular flexibility index (Phi) is 4.63. The highest BCUT2D eigenvalue weighted by molar-refractivity contribution is 6.24. The zero-order valence-electron chi connectivity index (χ0n) is 14.8. The molecule has 2 aromatic rings. The number of fused-ring (bicyclic) bond motifs is 1. The maximum atomic E-state index is 12.2. The number of alkyl halides is 1. The molecule has 10 heteroatoms. The molecule has 0 bridgehead atoms. The minimum absolute atomic E-state index is 0.103. The number of hydrogen-bond acceptors (Lipinski definition) is 7. The third-order valence-electron chi connectivity index (χ3n) is 4.49. The summed E-state index contributed by atoms with van der Waals surface area (Å²) in [6, 6.07) is 5.00. The van der Waals surface area contributed by atoms with E-state index in [-0.39, 0.29) is 17.8 Å². The normalized spacial score (nSPS) is 18.6. The summed E-state index contributed by atoms with van der Waals surface area (Å²) < 4.78 is 11.0. The van der Waals surface area contributed by atoms with Gasteiger partial charge in [-0.05, 0) is 6.07 Å². The number of carbonyl (C=O) groups is 1. The fourth-order valence-electron chi connectivity index (χ4n) is 2.82. The molecule has 4 heterocycles. The Balaban J connectivity index is 1.42. The van der Waals surface area contributed by atoms with Crippen LogP contribution in [0.2, 0.25) is 0 Å². The van der Waals surface area contributed by atoms with Gasteiger partial charge in [0.05, 0.1) is 31.1 Å². The highest BCUT2D eigenvalue weighted by Crippen LogP contribution is 2.36. The van der Waals surface area contributed by atoms with Crippen LogP contribution in [0.4, 0.5) is 22.1 Å². The predicted molar refractivity (Wildman–Crippen MR) is 102 cm³/mol. The number of rotatable bonds is 4. The van der Waals surface area contributed by atoms with Crippen LogP contribution in [0.3, 0.4) is 0 Å². The average Bonchev–Trinajstić information content (AvgIpc) is 2.89. The van der Waals surface area contributed by atoms with Crippen molar-refractivity contribution in [3.63, 3.8) is 0 Å². The van der Waals surface area contributed by atoms with Crippen molar-refractivity contribution in [3.05, 3.63) is 30.6 Å². The van der Waals surface area contributed by atoms with Crippen LogP contribution in [0.25, 0.3) is 0 Å². The van der Waals surface area contributed by atoms with Gasteiger partial charge >= 0.3 is 6.03 Å². The Morgan fingerprint density at radius 3 is 2.93 bits per heavy atom. The molecule has 4 rings (SSSR count). The lowest BCUT2D eigenvalue weighted by Gasteiger charge is -2.37. The number of carbonyl (C=O) groups excluding carboxylic acids is 1. The highest BCUT2D eigenvalue weighted by Gasteiger charge is 2.30. The Morgan fingerprint density at radius 2 is 2.15 bits per heavy atom. The fraction of sp³-hybridized carbons (Fsp3) is 0.353. The predicted octanol–water partition coefficient (Wildman–Crippen LogP) is 2.52. The van der Waals surface area contributed by atoms with Crippen LogP contribution < -0.4 is 20.3 Å². The molecule has 2 N–H and O–H groups in total. The number of nitrogens with zero attached hydrogens (tertiary/aromatic N) is 4. The van der Waals surface area contributed by atoms with Gasteiger partial charge in [-0.25, -0.2) is 14.8 Å². The summed E-state index contributed by atoms with van der Waals surface area (Å²) in [5.41, 5.74) is 0.505. The maximum absolute atomic E-state index is 12.2. The molecule has 0 aromatic carbocycles. The molecule has 0 radical (unpaired) electrons. The first-order valence-corrected chi connectivity index (χ1v) is 8.83. The van der Waals surface area contributed by atoms with Crippen molar-refractivity contribution in [1.82, 2.24) is 14.9 Å².